The maximum absolute atomic E-state index is 12.8. The number of nitrogens with one attached hydrogen (secondary N) is 3. The molecule has 180 valence electrons. The lowest BCUT2D eigenvalue weighted by atomic mass is 10.1. The summed E-state index contributed by atoms with van der Waals surface area (Å²) >= 11 is 0. The zero-order chi connectivity index (χ0) is 23.7. The molecule has 4 aromatic rings. The van der Waals surface area contributed by atoms with Crippen molar-refractivity contribution < 1.29 is 8.42 Å². The summed E-state index contributed by atoms with van der Waals surface area (Å²) in [5.74, 6) is 0.0880. The average molecular weight is 483 g/mol. The van der Waals surface area contributed by atoms with Gasteiger partial charge >= 0.3 is 5.69 Å². The minimum atomic E-state index is -3.16. The van der Waals surface area contributed by atoms with E-state index < -0.39 is 15.5 Å². The van der Waals surface area contributed by atoms with E-state index in [4.69, 9.17) is 5.73 Å². The lowest BCUT2D eigenvalue weighted by Gasteiger charge is -2.22. The highest BCUT2D eigenvalue weighted by molar-refractivity contribution is 7.92. The molecule has 1 fully saturated rings. The van der Waals surface area contributed by atoms with Crippen LogP contribution in [0.4, 0.5) is 0 Å². The number of aromatic amines is 2. The molecule has 5 N–H and O–H groups in total. The Kier molecular flexibility index (Phi) is 6.28. The molecule has 10 heteroatoms. The fraction of sp³-hybridized carbons (Fsp3) is 0.417. The van der Waals surface area contributed by atoms with Crippen molar-refractivity contribution in [3.05, 3.63) is 58.4 Å². The van der Waals surface area contributed by atoms with Crippen molar-refractivity contribution in [2.75, 3.05) is 25.4 Å². The second-order valence-corrected chi connectivity index (χ2v) is 11.4. The number of aromatic nitrogens is 4. The number of nitrogens with zero attached hydrogens (tertiary/aromatic N) is 2. The lowest BCUT2D eigenvalue weighted by Crippen LogP contribution is -2.37. The van der Waals surface area contributed by atoms with Crippen molar-refractivity contribution in [1.82, 2.24) is 24.8 Å². The van der Waals surface area contributed by atoms with Crippen LogP contribution < -0.4 is 16.7 Å². The van der Waals surface area contributed by atoms with Crippen molar-refractivity contribution in [2.45, 2.75) is 37.4 Å². The fourth-order valence-corrected chi connectivity index (χ4v) is 6.56. The van der Waals surface area contributed by atoms with Crippen LogP contribution in [-0.4, -0.2) is 58.6 Å². The molecule has 1 aliphatic rings. The molecule has 1 aromatic carbocycles. The highest BCUT2D eigenvalue weighted by Gasteiger charge is 2.27. The fourth-order valence-electron chi connectivity index (χ4n) is 4.77. The summed E-state index contributed by atoms with van der Waals surface area (Å²) in [5, 5.41) is 4.82. The largest absolute Gasteiger partial charge is 0.361 e. The molecule has 5 rings (SSSR count). The quantitative estimate of drug-likeness (QED) is 0.302. The summed E-state index contributed by atoms with van der Waals surface area (Å²) in [6.45, 7) is 2.14. The van der Waals surface area contributed by atoms with Crippen molar-refractivity contribution in [2.24, 2.45) is 5.73 Å². The molecule has 3 aromatic heterocycles. The Morgan fingerprint density at radius 3 is 2.76 bits per heavy atom. The van der Waals surface area contributed by atoms with Crippen LogP contribution in [0.5, 0.6) is 0 Å². The van der Waals surface area contributed by atoms with E-state index in [1.54, 1.807) is 6.20 Å². The molecular weight excluding hydrogens is 452 g/mol. The Hall–Kier alpha value is -2.95. The second-order valence-electron chi connectivity index (χ2n) is 8.99. The van der Waals surface area contributed by atoms with Crippen molar-refractivity contribution >= 4 is 31.8 Å². The molecule has 0 amide bonds. The predicted octanol–water partition coefficient (Wildman–Crippen LogP) is 1.80. The van der Waals surface area contributed by atoms with E-state index in [1.807, 2.05) is 30.5 Å². The lowest BCUT2D eigenvalue weighted by molar-refractivity contribution is 0.496. The first-order valence-corrected chi connectivity index (χ1v) is 13.5. The molecule has 9 nitrogen and oxygen atoms in total. The molecule has 0 radical (unpaired) electrons. The topological polar surface area (TPSA) is 139 Å². The third-order valence-corrected chi connectivity index (χ3v) is 8.95. The molecule has 0 saturated carbocycles. The Labute approximate surface area is 197 Å². The number of hydrogen-bond acceptors (Lipinski definition) is 6. The van der Waals surface area contributed by atoms with E-state index >= 15 is 0 Å². The number of aryl methyl sites for hydroxylation is 2. The van der Waals surface area contributed by atoms with Gasteiger partial charge in [0.1, 0.15) is 5.65 Å². The smallest absolute Gasteiger partial charge is 0.354 e. The Bertz CT molecular complexity index is 1480. The summed E-state index contributed by atoms with van der Waals surface area (Å²) in [6.07, 6.45) is 7.27. The summed E-state index contributed by atoms with van der Waals surface area (Å²) in [6, 6.07) is 7.75. The summed E-state index contributed by atoms with van der Waals surface area (Å²) in [7, 11) is -3.16. The van der Waals surface area contributed by atoms with Crippen LogP contribution in [-0.2, 0) is 22.7 Å². The Morgan fingerprint density at radius 1 is 1.15 bits per heavy atom. The highest BCUT2D eigenvalue weighted by atomic mass is 32.2. The number of nitrogens with two attached hydrogens (primary N) is 1. The van der Waals surface area contributed by atoms with Crippen LogP contribution in [0.1, 0.15) is 30.5 Å². The standard InChI is InChI=1S/C24H30N6O3S/c25-8-1-2-16-14-27-22-13-19(3-4-21(16)22)30-15-17-12-18(28-23(17)29-24(30)31)7-11-34(32,33)20-5-9-26-10-6-20/h3-4,12-15,20,26-27H,1-2,5-11,25H2,(H,28,29,31). The number of hydrogen-bond donors (Lipinski definition) is 4. The van der Waals surface area contributed by atoms with Gasteiger partial charge in [-0.3, -0.25) is 4.57 Å². The van der Waals surface area contributed by atoms with Crippen LogP contribution >= 0.6 is 0 Å². The van der Waals surface area contributed by atoms with Crippen LogP contribution in [0.2, 0.25) is 0 Å². The molecule has 0 atom stereocenters. The van der Waals surface area contributed by atoms with Crippen molar-refractivity contribution in [3.8, 4) is 5.69 Å². The molecule has 0 unspecified atom stereocenters. The number of benzene rings is 1. The molecule has 0 spiro atoms. The number of rotatable bonds is 8. The second kappa shape index (κ2) is 9.36. The van der Waals surface area contributed by atoms with Gasteiger partial charge in [0.2, 0.25) is 0 Å². The summed E-state index contributed by atoms with van der Waals surface area (Å²) in [4.78, 5) is 23.4. The number of sulfone groups is 1. The monoisotopic (exact) mass is 482 g/mol. The van der Waals surface area contributed by atoms with Gasteiger partial charge < -0.3 is 21.0 Å². The maximum atomic E-state index is 12.8. The van der Waals surface area contributed by atoms with Gasteiger partial charge in [-0.25, -0.2) is 13.2 Å². The molecule has 1 saturated heterocycles. The van der Waals surface area contributed by atoms with E-state index in [1.165, 1.54) is 10.1 Å². The summed E-state index contributed by atoms with van der Waals surface area (Å²) in [5.41, 5.74) is 9.37. The van der Waals surface area contributed by atoms with E-state index in [9.17, 15) is 13.2 Å². The minimum Gasteiger partial charge on any atom is -0.361 e. The first-order chi connectivity index (χ1) is 16.4. The molecule has 1 aliphatic heterocycles. The van der Waals surface area contributed by atoms with Gasteiger partial charge in [0.25, 0.3) is 0 Å². The van der Waals surface area contributed by atoms with Crippen LogP contribution in [0.3, 0.4) is 0 Å². The zero-order valence-corrected chi connectivity index (χ0v) is 19.8. The molecule has 34 heavy (non-hydrogen) atoms. The highest BCUT2D eigenvalue weighted by Crippen LogP contribution is 2.23. The van der Waals surface area contributed by atoms with Crippen molar-refractivity contribution in [3.63, 3.8) is 0 Å². The Balaban J connectivity index is 1.38. The molecular formula is C24H30N6O3S. The van der Waals surface area contributed by atoms with Gasteiger partial charge in [0.05, 0.1) is 16.7 Å². The first kappa shape index (κ1) is 22.8. The van der Waals surface area contributed by atoms with Crippen LogP contribution in [0.15, 0.2) is 41.5 Å². The maximum Gasteiger partial charge on any atom is 0.354 e. The van der Waals surface area contributed by atoms with Gasteiger partial charge in [-0.2, -0.15) is 4.98 Å². The van der Waals surface area contributed by atoms with Gasteiger partial charge in [-0.05, 0) is 69.1 Å². The predicted molar refractivity (Wildman–Crippen MR) is 134 cm³/mol. The van der Waals surface area contributed by atoms with Gasteiger partial charge in [0.15, 0.2) is 9.84 Å². The number of piperidine rings is 1. The third kappa shape index (κ3) is 4.53. The molecule has 0 bridgehead atoms. The SMILES string of the molecule is NCCCc1c[nH]c2cc(-n3cc4cc(CCS(=O)(=O)C5CCNCC5)[nH]c4nc3=O)ccc12. The number of H-pyrrole nitrogens is 2. The van der Waals surface area contributed by atoms with E-state index in [2.05, 4.69) is 20.3 Å². The normalized spacial score (nSPS) is 15.4. The summed E-state index contributed by atoms with van der Waals surface area (Å²) < 4.78 is 26.9. The van der Waals surface area contributed by atoms with Gasteiger partial charge in [-0.15, -0.1) is 0 Å². The van der Waals surface area contributed by atoms with Crippen molar-refractivity contribution in [1.29, 1.82) is 0 Å². The average Bonchev–Trinajstić information content (AvgIpc) is 3.44. The third-order valence-electron chi connectivity index (χ3n) is 6.69. The first-order valence-electron chi connectivity index (χ1n) is 11.8. The van der Waals surface area contributed by atoms with E-state index in [0.717, 1.165) is 53.6 Å². The van der Waals surface area contributed by atoms with Gasteiger partial charge in [0, 0.05) is 40.8 Å². The van der Waals surface area contributed by atoms with Crippen LogP contribution in [0.25, 0.3) is 27.6 Å². The van der Waals surface area contributed by atoms with E-state index in [-0.39, 0.29) is 11.0 Å². The molecule has 0 aliphatic carbocycles. The minimum absolute atomic E-state index is 0.0880. The zero-order valence-electron chi connectivity index (χ0n) is 19.0. The van der Waals surface area contributed by atoms with E-state index in [0.29, 0.717) is 31.5 Å². The Morgan fingerprint density at radius 2 is 1.97 bits per heavy atom. The molecule has 4 heterocycles. The van der Waals surface area contributed by atoms with Gasteiger partial charge in [-0.1, -0.05) is 6.07 Å². The van der Waals surface area contributed by atoms with Crippen LogP contribution in [0, 0.1) is 0 Å². The number of fused-ring (bicyclic) bond motifs is 2.